The number of rotatable bonds is 4. The number of nitrogens with zero attached hydrogens (tertiary/aromatic N) is 1. The van der Waals surface area contributed by atoms with Gasteiger partial charge in [0.05, 0.1) is 12.2 Å². The van der Waals surface area contributed by atoms with E-state index in [0.29, 0.717) is 25.6 Å². The van der Waals surface area contributed by atoms with E-state index in [1.54, 1.807) is 17.9 Å². The number of ether oxygens (including phenoxy) is 1. The zero-order valence-electron chi connectivity index (χ0n) is 11.9. The van der Waals surface area contributed by atoms with E-state index >= 15 is 0 Å². The van der Waals surface area contributed by atoms with Crippen LogP contribution in [0.1, 0.15) is 30.6 Å². The molecule has 2 atom stereocenters. The lowest BCUT2D eigenvalue weighted by atomic mass is 10.1. The van der Waals surface area contributed by atoms with Crippen LogP contribution >= 0.6 is 0 Å². The van der Waals surface area contributed by atoms with Crippen LogP contribution in [0.4, 0.5) is 4.39 Å². The SMILES string of the molecule is CCOc1c(F)cccc1C(=O)N1CC(CN)CC1C. The average Bonchev–Trinajstić information content (AvgIpc) is 2.82. The van der Waals surface area contributed by atoms with Gasteiger partial charge in [0.15, 0.2) is 11.6 Å². The molecule has 0 saturated carbocycles. The van der Waals surface area contributed by atoms with E-state index in [2.05, 4.69) is 0 Å². The summed E-state index contributed by atoms with van der Waals surface area (Å²) in [6, 6.07) is 4.57. The van der Waals surface area contributed by atoms with E-state index in [9.17, 15) is 9.18 Å². The Morgan fingerprint density at radius 2 is 2.30 bits per heavy atom. The molecule has 110 valence electrons. The second kappa shape index (κ2) is 6.22. The second-order valence-electron chi connectivity index (χ2n) is 5.19. The number of nitrogens with two attached hydrogens (primary N) is 1. The number of amides is 1. The maximum atomic E-state index is 13.8. The van der Waals surface area contributed by atoms with Crippen LogP contribution in [0.2, 0.25) is 0 Å². The normalized spacial score (nSPS) is 22.1. The van der Waals surface area contributed by atoms with Gasteiger partial charge in [0.25, 0.3) is 5.91 Å². The Hall–Kier alpha value is -1.62. The Labute approximate surface area is 118 Å². The van der Waals surface area contributed by atoms with Crippen molar-refractivity contribution in [2.75, 3.05) is 19.7 Å². The van der Waals surface area contributed by atoms with E-state index in [0.717, 1.165) is 6.42 Å². The van der Waals surface area contributed by atoms with Crippen LogP contribution in [0.25, 0.3) is 0 Å². The molecule has 2 rings (SSSR count). The molecule has 1 amide bonds. The molecule has 1 fully saturated rings. The highest BCUT2D eigenvalue weighted by atomic mass is 19.1. The summed E-state index contributed by atoms with van der Waals surface area (Å²) in [7, 11) is 0. The van der Waals surface area contributed by atoms with Gasteiger partial charge >= 0.3 is 0 Å². The van der Waals surface area contributed by atoms with Gasteiger partial charge in [-0.2, -0.15) is 0 Å². The van der Waals surface area contributed by atoms with E-state index in [1.807, 2.05) is 6.92 Å². The molecule has 0 bridgehead atoms. The first-order valence-corrected chi connectivity index (χ1v) is 7.00. The van der Waals surface area contributed by atoms with Crippen LogP contribution in [0, 0.1) is 11.7 Å². The van der Waals surface area contributed by atoms with Gasteiger partial charge in [0, 0.05) is 12.6 Å². The lowest BCUT2D eigenvalue weighted by Gasteiger charge is -2.23. The van der Waals surface area contributed by atoms with Gasteiger partial charge in [-0.1, -0.05) is 6.07 Å². The molecule has 0 radical (unpaired) electrons. The van der Waals surface area contributed by atoms with Crippen LogP contribution in [-0.4, -0.2) is 36.5 Å². The Morgan fingerprint density at radius 1 is 1.55 bits per heavy atom. The highest BCUT2D eigenvalue weighted by Crippen LogP contribution is 2.29. The molecular formula is C15H21FN2O2. The largest absolute Gasteiger partial charge is 0.490 e. The predicted octanol–water partition coefficient (Wildman–Crippen LogP) is 2.03. The summed E-state index contributed by atoms with van der Waals surface area (Å²) in [6.07, 6.45) is 0.890. The Balaban J connectivity index is 2.27. The summed E-state index contributed by atoms with van der Waals surface area (Å²) >= 11 is 0. The molecule has 1 aliphatic heterocycles. The first-order valence-electron chi connectivity index (χ1n) is 7.00. The third-order valence-corrected chi connectivity index (χ3v) is 3.74. The average molecular weight is 280 g/mol. The predicted molar refractivity (Wildman–Crippen MR) is 75.2 cm³/mol. The third-order valence-electron chi connectivity index (χ3n) is 3.74. The molecule has 1 heterocycles. The number of carbonyl (C=O) groups is 1. The van der Waals surface area contributed by atoms with Crippen LogP contribution < -0.4 is 10.5 Å². The third kappa shape index (κ3) is 2.77. The molecule has 20 heavy (non-hydrogen) atoms. The van der Waals surface area contributed by atoms with Gasteiger partial charge < -0.3 is 15.4 Å². The second-order valence-corrected chi connectivity index (χ2v) is 5.19. The minimum Gasteiger partial charge on any atom is -0.490 e. The van der Waals surface area contributed by atoms with Crippen molar-refractivity contribution in [1.82, 2.24) is 4.90 Å². The molecule has 1 aromatic rings. The molecular weight excluding hydrogens is 259 g/mol. The van der Waals surface area contributed by atoms with E-state index in [4.69, 9.17) is 10.5 Å². The summed E-state index contributed by atoms with van der Waals surface area (Å²) in [6.45, 7) is 5.27. The van der Waals surface area contributed by atoms with Gasteiger partial charge in [0.1, 0.15) is 0 Å². The summed E-state index contributed by atoms with van der Waals surface area (Å²) < 4.78 is 19.1. The fourth-order valence-electron chi connectivity index (χ4n) is 2.72. The molecule has 5 heteroatoms. The van der Waals surface area contributed by atoms with E-state index in [-0.39, 0.29) is 23.3 Å². The zero-order chi connectivity index (χ0) is 14.7. The van der Waals surface area contributed by atoms with E-state index < -0.39 is 5.82 Å². The van der Waals surface area contributed by atoms with Crippen molar-refractivity contribution in [3.05, 3.63) is 29.6 Å². The van der Waals surface area contributed by atoms with Crippen molar-refractivity contribution in [2.45, 2.75) is 26.3 Å². The number of likely N-dealkylation sites (tertiary alicyclic amines) is 1. The molecule has 4 nitrogen and oxygen atoms in total. The minimum atomic E-state index is -0.500. The number of benzene rings is 1. The zero-order valence-corrected chi connectivity index (χ0v) is 11.9. The molecule has 2 unspecified atom stereocenters. The summed E-state index contributed by atoms with van der Waals surface area (Å²) in [5, 5.41) is 0. The maximum Gasteiger partial charge on any atom is 0.257 e. The number of para-hydroxylation sites is 1. The van der Waals surface area contributed by atoms with Gasteiger partial charge in [-0.25, -0.2) is 4.39 Å². The smallest absolute Gasteiger partial charge is 0.257 e. The Morgan fingerprint density at radius 3 is 2.90 bits per heavy atom. The molecule has 0 aliphatic carbocycles. The van der Waals surface area contributed by atoms with Crippen molar-refractivity contribution in [2.24, 2.45) is 11.7 Å². The maximum absolute atomic E-state index is 13.8. The quantitative estimate of drug-likeness (QED) is 0.918. The fraction of sp³-hybridized carbons (Fsp3) is 0.533. The number of halogens is 1. The standard InChI is InChI=1S/C15H21FN2O2/c1-3-20-14-12(5-4-6-13(14)16)15(19)18-9-11(8-17)7-10(18)2/h4-6,10-11H,3,7-9,17H2,1-2H3. The lowest BCUT2D eigenvalue weighted by molar-refractivity contribution is 0.0738. The van der Waals surface area contributed by atoms with Gasteiger partial charge in [-0.15, -0.1) is 0 Å². The summed E-state index contributed by atoms with van der Waals surface area (Å²) in [4.78, 5) is 14.4. The molecule has 1 saturated heterocycles. The highest BCUT2D eigenvalue weighted by Gasteiger charge is 2.33. The van der Waals surface area contributed by atoms with Crippen molar-refractivity contribution in [3.63, 3.8) is 0 Å². The number of hydrogen-bond donors (Lipinski definition) is 1. The van der Waals surface area contributed by atoms with Gasteiger partial charge in [-0.05, 0) is 44.9 Å². The molecule has 2 N–H and O–H groups in total. The number of carbonyl (C=O) groups excluding carboxylic acids is 1. The van der Waals surface area contributed by atoms with Crippen molar-refractivity contribution in [1.29, 1.82) is 0 Å². The summed E-state index contributed by atoms with van der Waals surface area (Å²) in [5.41, 5.74) is 5.96. The Kier molecular flexibility index (Phi) is 4.60. The minimum absolute atomic E-state index is 0.0448. The highest BCUT2D eigenvalue weighted by molar-refractivity contribution is 5.97. The van der Waals surface area contributed by atoms with Gasteiger partial charge in [-0.3, -0.25) is 4.79 Å². The Bertz CT molecular complexity index is 493. The van der Waals surface area contributed by atoms with Crippen molar-refractivity contribution >= 4 is 5.91 Å². The van der Waals surface area contributed by atoms with Crippen molar-refractivity contribution < 1.29 is 13.9 Å². The van der Waals surface area contributed by atoms with Gasteiger partial charge in [0.2, 0.25) is 0 Å². The molecule has 0 spiro atoms. The fourth-order valence-corrected chi connectivity index (χ4v) is 2.72. The van der Waals surface area contributed by atoms with Crippen LogP contribution in [0.3, 0.4) is 0 Å². The molecule has 1 aromatic carbocycles. The van der Waals surface area contributed by atoms with E-state index in [1.165, 1.54) is 12.1 Å². The van der Waals surface area contributed by atoms with Crippen LogP contribution in [0.15, 0.2) is 18.2 Å². The first-order chi connectivity index (χ1) is 9.58. The topological polar surface area (TPSA) is 55.6 Å². The lowest BCUT2D eigenvalue weighted by Crippen LogP contribution is -2.34. The van der Waals surface area contributed by atoms with Crippen LogP contribution in [0.5, 0.6) is 5.75 Å². The number of hydrogen-bond acceptors (Lipinski definition) is 3. The molecule has 0 aromatic heterocycles. The molecule has 1 aliphatic rings. The monoisotopic (exact) mass is 280 g/mol. The first kappa shape index (κ1) is 14.8. The summed E-state index contributed by atoms with van der Waals surface area (Å²) in [5.74, 6) is -0.322. The van der Waals surface area contributed by atoms with Crippen molar-refractivity contribution in [3.8, 4) is 5.75 Å². The van der Waals surface area contributed by atoms with Crippen LogP contribution in [-0.2, 0) is 0 Å².